The van der Waals surface area contributed by atoms with Gasteiger partial charge in [-0.1, -0.05) is 58.5 Å². The number of nitrogens with one attached hydrogen (secondary N) is 1. The molecule has 0 aliphatic heterocycles. The van der Waals surface area contributed by atoms with Crippen LogP contribution in [-0.4, -0.2) is 83.4 Å². The van der Waals surface area contributed by atoms with Crippen molar-refractivity contribution < 1.29 is 38.9 Å². The maximum absolute atomic E-state index is 13.5. The highest BCUT2D eigenvalue weighted by molar-refractivity contribution is 9.09. The third kappa shape index (κ3) is 11.0. The molecule has 0 aromatic carbocycles. The van der Waals surface area contributed by atoms with E-state index in [1.165, 1.54) is 76.4 Å². The lowest BCUT2D eigenvalue weighted by molar-refractivity contribution is -0.151. The number of H-pyrrole nitrogens is 1. The fourth-order valence-corrected chi connectivity index (χ4v) is 18.0. The fraction of sp³-hybridized carbons (Fsp3) is 0.828. The van der Waals surface area contributed by atoms with Crippen LogP contribution in [0.5, 0.6) is 0 Å². The van der Waals surface area contributed by atoms with Gasteiger partial charge in [0, 0.05) is 24.2 Å². The number of aliphatic hydroxyl groups is 2. The number of carbonyl (C=O) groups excluding carboxylic acids is 4. The van der Waals surface area contributed by atoms with E-state index in [0.717, 1.165) is 81.5 Å². The molecule has 0 spiro atoms. The van der Waals surface area contributed by atoms with Crippen LogP contribution < -0.4 is 0 Å². The lowest BCUT2D eigenvalue weighted by Crippen LogP contribution is -2.55. The number of ketones is 2. The number of aromatic nitrogens is 4. The number of rotatable bonds is 9. The lowest BCUT2D eigenvalue weighted by Gasteiger charge is -2.61. The van der Waals surface area contributed by atoms with Crippen LogP contribution in [0.2, 0.25) is 0 Å². The number of halogens is 1. The van der Waals surface area contributed by atoms with Crippen LogP contribution in [0.15, 0.2) is 24.8 Å². The normalized spacial score (nSPS) is 41.6. The molecule has 8 saturated carbocycles. The summed E-state index contributed by atoms with van der Waals surface area (Å²) in [5, 5.41) is 32.2. The van der Waals surface area contributed by atoms with E-state index in [0.29, 0.717) is 70.0 Å². The Balaban J connectivity index is 0.000000195. The first kappa shape index (κ1) is 57.4. The van der Waals surface area contributed by atoms with Crippen LogP contribution in [0, 0.1) is 80.8 Å². The number of fused-ring (bicyclic) bond motifs is 10. The predicted octanol–water partition coefficient (Wildman–Crippen LogP) is 12.3. The lowest BCUT2D eigenvalue weighted by atomic mass is 9.44. The molecule has 16 atom stereocenters. The number of carbonyl (C=O) groups is 4. The van der Waals surface area contributed by atoms with E-state index in [1.54, 1.807) is 24.7 Å². The highest BCUT2D eigenvalue weighted by Crippen LogP contribution is 2.70. The van der Waals surface area contributed by atoms with Gasteiger partial charge in [-0.3, -0.25) is 19.4 Å². The SMILES string of the molecule is C.C.CCOC(=O)c1cn[nH]c1.CCOC(=O)c1cnn(CC(=O)[C@H]2CC[C@H]3[C@@H]4CC[C@@H]5C[C@](C)(O)CC[C@]5(C)[C@H]4CC[C@]23C)c1.C[C@@]1(O)CC[C@@]2(C)[C@H](CC[C@@H]3[C@@H]2CC[C@]2(C)[C@@H](C(=O)CBr)CC[C@@H]32)C1. The average molecular weight is 1050 g/mol. The first-order chi connectivity index (χ1) is 32.6. The van der Waals surface area contributed by atoms with E-state index in [2.05, 4.69) is 63.7 Å². The molecule has 400 valence electrons. The monoisotopic (exact) mass is 1050 g/mol. The van der Waals surface area contributed by atoms with Gasteiger partial charge in [-0.2, -0.15) is 10.2 Å². The zero-order valence-corrected chi connectivity index (χ0v) is 44.8. The van der Waals surface area contributed by atoms with E-state index < -0.39 is 11.2 Å². The summed E-state index contributed by atoms with van der Waals surface area (Å²) in [5.74, 6) is 6.11. The van der Waals surface area contributed by atoms with Gasteiger partial charge in [-0.15, -0.1) is 0 Å². The number of esters is 2. The fourth-order valence-electron chi connectivity index (χ4n) is 17.6. The maximum Gasteiger partial charge on any atom is 0.341 e. The van der Waals surface area contributed by atoms with Crippen LogP contribution in [0.3, 0.4) is 0 Å². The van der Waals surface area contributed by atoms with Gasteiger partial charge in [0.15, 0.2) is 5.78 Å². The predicted molar refractivity (Wildman–Crippen MR) is 282 cm³/mol. The van der Waals surface area contributed by atoms with Crippen molar-refractivity contribution in [3.05, 3.63) is 35.9 Å². The van der Waals surface area contributed by atoms with Crippen LogP contribution >= 0.6 is 15.9 Å². The van der Waals surface area contributed by atoms with Crippen LogP contribution in [0.1, 0.15) is 207 Å². The maximum atomic E-state index is 13.5. The number of alkyl halides is 1. The van der Waals surface area contributed by atoms with E-state index in [9.17, 15) is 29.4 Å². The van der Waals surface area contributed by atoms with Gasteiger partial charge in [0.1, 0.15) is 5.78 Å². The Bertz CT molecular complexity index is 2160. The van der Waals surface area contributed by atoms with Crippen molar-refractivity contribution in [1.29, 1.82) is 0 Å². The third-order valence-electron chi connectivity index (χ3n) is 21.3. The van der Waals surface area contributed by atoms with Gasteiger partial charge < -0.3 is 19.7 Å². The molecular formula is C58H93BrN4O8. The number of aromatic amines is 1. The van der Waals surface area contributed by atoms with E-state index in [1.807, 2.05) is 13.8 Å². The number of ether oxygens (including phenoxy) is 2. The molecule has 8 aliphatic carbocycles. The smallest absolute Gasteiger partial charge is 0.341 e. The Morgan fingerprint density at radius 1 is 0.620 bits per heavy atom. The van der Waals surface area contributed by atoms with Crippen molar-refractivity contribution in [2.24, 2.45) is 80.8 Å². The number of Topliss-reactive ketones (excluding diaryl/α,β-unsaturated/α-hetero) is 2. The van der Waals surface area contributed by atoms with E-state index in [4.69, 9.17) is 4.74 Å². The highest BCUT2D eigenvalue weighted by atomic mass is 79.9. The van der Waals surface area contributed by atoms with Crippen molar-refractivity contribution in [3.8, 4) is 0 Å². The molecule has 0 saturated heterocycles. The first-order valence-corrected chi connectivity index (χ1v) is 28.2. The molecule has 10 rings (SSSR count). The molecular weight excluding hydrogens is 961 g/mol. The summed E-state index contributed by atoms with van der Waals surface area (Å²) >= 11 is 3.43. The summed E-state index contributed by atoms with van der Waals surface area (Å²) in [6.45, 7) is 18.4. The van der Waals surface area contributed by atoms with Gasteiger partial charge >= 0.3 is 11.9 Å². The second-order valence-corrected chi connectivity index (χ2v) is 25.5. The topological polar surface area (TPSA) is 174 Å². The minimum atomic E-state index is -0.495. The van der Waals surface area contributed by atoms with Crippen LogP contribution in [-0.2, 0) is 25.6 Å². The van der Waals surface area contributed by atoms with Gasteiger partial charge in [0.2, 0.25) is 0 Å². The molecule has 13 heteroatoms. The van der Waals surface area contributed by atoms with Crippen molar-refractivity contribution in [3.63, 3.8) is 0 Å². The van der Waals surface area contributed by atoms with Crippen molar-refractivity contribution in [1.82, 2.24) is 20.0 Å². The van der Waals surface area contributed by atoms with E-state index in [-0.39, 0.29) is 61.8 Å². The Morgan fingerprint density at radius 3 is 1.54 bits per heavy atom. The Hall–Kier alpha value is -2.90. The first-order valence-electron chi connectivity index (χ1n) is 27.0. The van der Waals surface area contributed by atoms with Crippen LogP contribution in [0.4, 0.5) is 0 Å². The molecule has 71 heavy (non-hydrogen) atoms. The van der Waals surface area contributed by atoms with Crippen molar-refractivity contribution in [2.45, 2.75) is 204 Å². The highest BCUT2D eigenvalue weighted by Gasteiger charge is 2.63. The summed E-state index contributed by atoms with van der Waals surface area (Å²) in [7, 11) is 0. The Labute approximate surface area is 435 Å². The molecule has 8 fully saturated rings. The quantitative estimate of drug-likeness (QED) is 0.162. The molecule has 0 unspecified atom stereocenters. The second kappa shape index (κ2) is 22.1. The standard InChI is InChI=1S/C28H42N2O4.C22H35BrO2.C6H8N2O2.2CH4/c1-5-34-25(32)18-15-29-30(16-18)17-24(31)23-9-8-21-20-7-6-19-14-26(2,33)12-13-27(19,3)22(20)10-11-28(21,23)4;1-20(25)10-11-21(2)14(12-20)4-5-15-16-6-7-18(19(24)13-23)22(16,3)9-8-17(15)21;1-2-10-6(9)5-3-7-8-4-5;;/h15-16,19-23,33H,5-14,17H2,1-4H3;14-18,25H,4-13H2,1-3H3;3-4H,2H2,1H3,(H,7,8);2*1H4/t19-,20+,21+,22+,23-,26-,27+,28+;14-,15+,16+,17+,18-,20-,21+,22+;;;/m11.../s1. The Kier molecular flexibility index (Phi) is 17.9. The summed E-state index contributed by atoms with van der Waals surface area (Å²) in [4.78, 5) is 48.8. The number of nitrogens with zero attached hydrogens (tertiary/aromatic N) is 3. The van der Waals surface area contributed by atoms with Gasteiger partial charge in [0.05, 0.1) is 59.8 Å². The molecule has 0 radical (unpaired) electrons. The number of hydrogen-bond donors (Lipinski definition) is 3. The molecule has 2 aromatic rings. The summed E-state index contributed by atoms with van der Waals surface area (Å²) in [6, 6.07) is 0. The van der Waals surface area contributed by atoms with Crippen molar-refractivity contribution in [2.75, 3.05) is 18.5 Å². The largest absolute Gasteiger partial charge is 0.462 e. The molecule has 12 nitrogen and oxygen atoms in total. The van der Waals surface area contributed by atoms with E-state index >= 15 is 0 Å². The van der Waals surface area contributed by atoms with Crippen molar-refractivity contribution >= 4 is 39.4 Å². The molecule has 0 amide bonds. The molecule has 2 heterocycles. The zero-order valence-electron chi connectivity index (χ0n) is 43.2. The summed E-state index contributed by atoms with van der Waals surface area (Å²) in [5.41, 5.74) is 1.00. The molecule has 2 aromatic heterocycles. The molecule has 8 aliphatic rings. The molecule has 3 N–H and O–H groups in total. The zero-order chi connectivity index (χ0) is 49.7. The van der Waals surface area contributed by atoms with Gasteiger partial charge in [-0.05, 0) is 212 Å². The van der Waals surface area contributed by atoms with Crippen LogP contribution in [0.25, 0.3) is 0 Å². The third-order valence-corrected chi connectivity index (χ3v) is 21.8. The summed E-state index contributed by atoms with van der Waals surface area (Å²) in [6.07, 6.45) is 26.7. The molecule has 0 bridgehead atoms. The van der Waals surface area contributed by atoms with Gasteiger partial charge in [-0.25, -0.2) is 9.59 Å². The minimum absolute atomic E-state index is 0. The van der Waals surface area contributed by atoms with Gasteiger partial charge in [0.25, 0.3) is 0 Å². The second-order valence-electron chi connectivity index (χ2n) is 25.0. The summed E-state index contributed by atoms with van der Waals surface area (Å²) < 4.78 is 11.3. The minimum Gasteiger partial charge on any atom is -0.462 e. The average Bonchev–Trinajstić information content (AvgIpc) is 4.14. The number of hydrogen-bond acceptors (Lipinski definition) is 10. The Morgan fingerprint density at radius 2 is 1.08 bits per heavy atom.